The molecule has 1 atom stereocenters. The van der Waals surface area contributed by atoms with Gasteiger partial charge in [-0.05, 0) is 33.7 Å². The van der Waals surface area contributed by atoms with Crippen molar-refractivity contribution >= 4 is 5.97 Å². The van der Waals surface area contributed by atoms with Gasteiger partial charge in [0.05, 0.1) is 6.10 Å². The molecule has 0 saturated heterocycles. The van der Waals surface area contributed by atoms with Gasteiger partial charge in [-0.1, -0.05) is 6.92 Å². The highest BCUT2D eigenvalue weighted by Crippen LogP contribution is 2.15. The average Bonchev–Trinajstić information content (AvgIpc) is 2.04. The molecular formula is C10H21NO3. The van der Waals surface area contributed by atoms with E-state index in [1.54, 1.807) is 20.8 Å². The molecular weight excluding hydrogens is 182 g/mol. The molecule has 0 radical (unpaired) electrons. The third-order valence-corrected chi connectivity index (χ3v) is 2.51. The van der Waals surface area contributed by atoms with Gasteiger partial charge in [0, 0.05) is 6.54 Å². The number of carboxylic acids is 1. The minimum Gasteiger partial charge on any atom is -0.480 e. The Morgan fingerprint density at radius 2 is 2.00 bits per heavy atom. The lowest BCUT2D eigenvalue weighted by Gasteiger charge is -2.34. The second-order valence-corrected chi connectivity index (χ2v) is 4.08. The molecule has 0 saturated carbocycles. The second kappa shape index (κ2) is 5.32. The van der Waals surface area contributed by atoms with Gasteiger partial charge < -0.3 is 10.2 Å². The topological polar surface area (TPSA) is 60.8 Å². The van der Waals surface area contributed by atoms with Crippen molar-refractivity contribution in [3.05, 3.63) is 0 Å². The van der Waals surface area contributed by atoms with Crippen molar-refractivity contribution in [2.24, 2.45) is 0 Å². The van der Waals surface area contributed by atoms with Gasteiger partial charge in [-0.25, -0.2) is 0 Å². The molecule has 0 aliphatic heterocycles. The Morgan fingerprint density at radius 1 is 1.50 bits per heavy atom. The van der Waals surface area contributed by atoms with Crippen LogP contribution in [-0.4, -0.2) is 45.8 Å². The highest BCUT2D eigenvalue weighted by Gasteiger charge is 2.33. The van der Waals surface area contributed by atoms with Crippen LogP contribution in [0.5, 0.6) is 0 Å². The predicted molar refractivity (Wildman–Crippen MR) is 55.3 cm³/mol. The number of aliphatic hydroxyl groups is 1. The van der Waals surface area contributed by atoms with Gasteiger partial charge in [-0.15, -0.1) is 0 Å². The zero-order chi connectivity index (χ0) is 11.4. The Bertz CT molecular complexity index is 190. The summed E-state index contributed by atoms with van der Waals surface area (Å²) >= 11 is 0. The summed E-state index contributed by atoms with van der Waals surface area (Å²) in [7, 11) is 0. The van der Waals surface area contributed by atoms with E-state index >= 15 is 0 Å². The average molecular weight is 203 g/mol. The molecule has 4 heteroatoms. The van der Waals surface area contributed by atoms with Crippen molar-refractivity contribution in [1.82, 2.24) is 4.90 Å². The summed E-state index contributed by atoms with van der Waals surface area (Å²) in [6, 6.07) is 0. The molecule has 2 N–H and O–H groups in total. The van der Waals surface area contributed by atoms with E-state index in [1.807, 2.05) is 11.8 Å². The number of aliphatic carboxylic acids is 1. The standard InChI is InChI=1S/C10H21NO3/c1-5-11(7-6-8(2)12)10(3,4)9(13)14/h8,12H,5-7H2,1-4H3,(H,13,14). The number of likely N-dealkylation sites (N-methyl/N-ethyl adjacent to an activating group) is 1. The molecule has 0 spiro atoms. The van der Waals surface area contributed by atoms with E-state index in [0.29, 0.717) is 19.5 Å². The summed E-state index contributed by atoms with van der Waals surface area (Å²) in [6.07, 6.45) is 0.221. The van der Waals surface area contributed by atoms with Gasteiger partial charge in [0.2, 0.25) is 0 Å². The van der Waals surface area contributed by atoms with Crippen LogP contribution in [0.25, 0.3) is 0 Å². The van der Waals surface area contributed by atoms with Crippen LogP contribution in [-0.2, 0) is 4.79 Å². The van der Waals surface area contributed by atoms with E-state index in [9.17, 15) is 4.79 Å². The molecule has 0 aliphatic rings. The van der Waals surface area contributed by atoms with Crippen LogP contribution in [0, 0.1) is 0 Å². The van der Waals surface area contributed by atoms with Crippen molar-refractivity contribution in [3.8, 4) is 0 Å². The monoisotopic (exact) mass is 203 g/mol. The van der Waals surface area contributed by atoms with Crippen molar-refractivity contribution in [3.63, 3.8) is 0 Å². The summed E-state index contributed by atoms with van der Waals surface area (Å²) < 4.78 is 0. The molecule has 0 heterocycles. The van der Waals surface area contributed by atoms with Crippen LogP contribution >= 0.6 is 0 Å². The first-order valence-electron chi connectivity index (χ1n) is 4.98. The third-order valence-electron chi connectivity index (χ3n) is 2.51. The maximum absolute atomic E-state index is 11.0. The molecule has 84 valence electrons. The quantitative estimate of drug-likeness (QED) is 0.674. The van der Waals surface area contributed by atoms with Crippen molar-refractivity contribution < 1.29 is 15.0 Å². The van der Waals surface area contributed by atoms with Crippen molar-refractivity contribution in [2.45, 2.75) is 45.8 Å². The van der Waals surface area contributed by atoms with E-state index in [4.69, 9.17) is 10.2 Å². The molecule has 0 aromatic carbocycles. The lowest BCUT2D eigenvalue weighted by Crippen LogP contribution is -2.50. The number of hydrogen-bond acceptors (Lipinski definition) is 3. The number of carboxylic acid groups (broad SMARTS) is 1. The van der Waals surface area contributed by atoms with Gasteiger partial charge >= 0.3 is 5.97 Å². The van der Waals surface area contributed by atoms with Crippen molar-refractivity contribution in [1.29, 1.82) is 0 Å². The number of carbonyl (C=O) groups is 1. The normalized spacial score (nSPS) is 14.4. The van der Waals surface area contributed by atoms with Crippen LogP contribution < -0.4 is 0 Å². The maximum atomic E-state index is 11.0. The van der Waals surface area contributed by atoms with E-state index < -0.39 is 11.5 Å². The Morgan fingerprint density at radius 3 is 2.29 bits per heavy atom. The molecule has 1 unspecified atom stereocenters. The molecule has 0 bridgehead atoms. The third kappa shape index (κ3) is 3.64. The van der Waals surface area contributed by atoms with Crippen LogP contribution in [0.1, 0.15) is 34.1 Å². The fourth-order valence-electron chi connectivity index (χ4n) is 1.31. The van der Waals surface area contributed by atoms with Gasteiger partial charge in [0.1, 0.15) is 5.54 Å². The summed E-state index contributed by atoms with van der Waals surface area (Å²) in [5.41, 5.74) is -0.857. The van der Waals surface area contributed by atoms with Crippen molar-refractivity contribution in [2.75, 3.05) is 13.1 Å². The minimum atomic E-state index is -0.857. The molecule has 0 aromatic heterocycles. The SMILES string of the molecule is CCN(CCC(C)O)C(C)(C)C(=O)O. The highest BCUT2D eigenvalue weighted by atomic mass is 16.4. The van der Waals surface area contributed by atoms with E-state index in [0.717, 1.165) is 0 Å². The predicted octanol–water partition coefficient (Wildman–Crippen LogP) is 0.942. The minimum absolute atomic E-state index is 0.381. The molecule has 0 amide bonds. The molecule has 0 rings (SSSR count). The van der Waals surface area contributed by atoms with Crippen LogP contribution in [0.3, 0.4) is 0 Å². The smallest absolute Gasteiger partial charge is 0.323 e. The van der Waals surface area contributed by atoms with Gasteiger partial charge in [0.15, 0.2) is 0 Å². The fourth-order valence-corrected chi connectivity index (χ4v) is 1.31. The zero-order valence-corrected chi connectivity index (χ0v) is 9.45. The number of nitrogens with zero attached hydrogens (tertiary/aromatic N) is 1. The van der Waals surface area contributed by atoms with E-state index in [-0.39, 0.29) is 6.10 Å². The van der Waals surface area contributed by atoms with E-state index in [1.165, 1.54) is 0 Å². The van der Waals surface area contributed by atoms with Gasteiger partial charge in [-0.3, -0.25) is 9.69 Å². The van der Waals surface area contributed by atoms with Crippen LogP contribution in [0.2, 0.25) is 0 Å². The largest absolute Gasteiger partial charge is 0.480 e. The lowest BCUT2D eigenvalue weighted by molar-refractivity contribution is -0.149. The zero-order valence-electron chi connectivity index (χ0n) is 9.45. The van der Waals surface area contributed by atoms with Gasteiger partial charge in [0.25, 0.3) is 0 Å². The molecule has 0 fully saturated rings. The first kappa shape index (κ1) is 13.4. The summed E-state index contributed by atoms with van der Waals surface area (Å²) in [6.45, 7) is 8.27. The molecule has 0 aliphatic carbocycles. The van der Waals surface area contributed by atoms with Crippen LogP contribution in [0.4, 0.5) is 0 Å². The van der Waals surface area contributed by atoms with E-state index in [2.05, 4.69) is 0 Å². The number of rotatable bonds is 6. The highest BCUT2D eigenvalue weighted by molar-refractivity contribution is 5.77. The van der Waals surface area contributed by atoms with Crippen LogP contribution in [0.15, 0.2) is 0 Å². The first-order valence-corrected chi connectivity index (χ1v) is 4.98. The first-order chi connectivity index (χ1) is 6.32. The number of aliphatic hydroxyl groups excluding tert-OH is 1. The molecule has 4 nitrogen and oxygen atoms in total. The van der Waals surface area contributed by atoms with Gasteiger partial charge in [-0.2, -0.15) is 0 Å². The molecule has 0 aromatic rings. The Balaban J connectivity index is 4.32. The lowest BCUT2D eigenvalue weighted by atomic mass is 10.0. The fraction of sp³-hybridized carbons (Fsp3) is 0.900. The Kier molecular flexibility index (Phi) is 5.08. The maximum Gasteiger partial charge on any atom is 0.323 e. The number of hydrogen-bond donors (Lipinski definition) is 2. The Hall–Kier alpha value is -0.610. The summed E-state index contributed by atoms with van der Waals surface area (Å²) in [4.78, 5) is 12.8. The second-order valence-electron chi connectivity index (χ2n) is 4.08. The molecule has 14 heavy (non-hydrogen) atoms. The Labute approximate surface area is 85.5 Å². The summed E-state index contributed by atoms with van der Waals surface area (Å²) in [5.74, 6) is -0.829. The summed E-state index contributed by atoms with van der Waals surface area (Å²) in [5, 5.41) is 18.1.